The summed E-state index contributed by atoms with van der Waals surface area (Å²) in [4.78, 5) is 19.0. The zero-order valence-corrected chi connectivity index (χ0v) is 15.3. The molecule has 1 amide bonds. The van der Waals surface area contributed by atoms with E-state index in [2.05, 4.69) is 30.0 Å². The highest BCUT2D eigenvalue weighted by atomic mass is 16.2. The van der Waals surface area contributed by atoms with Gasteiger partial charge >= 0.3 is 0 Å². The predicted molar refractivity (Wildman–Crippen MR) is 99.3 cm³/mol. The summed E-state index contributed by atoms with van der Waals surface area (Å²) in [5, 5.41) is 4.50. The van der Waals surface area contributed by atoms with Crippen LogP contribution in [0.25, 0.3) is 5.57 Å². The molecule has 0 unspecified atom stereocenters. The molecule has 0 saturated carbocycles. The Morgan fingerprint density at radius 1 is 1.24 bits per heavy atom. The lowest BCUT2D eigenvalue weighted by molar-refractivity contribution is 0.0774. The summed E-state index contributed by atoms with van der Waals surface area (Å²) >= 11 is 0. The van der Waals surface area contributed by atoms with E-state index < -0.39 is 0 Å². The minimum atomic E-state index is 0.0781. The number of rotatable bonds is 5. The third-order valence-corrected chi connectivity index (χ3v) is 5.05. The first-order valence-electron chi connectivity index (χ1n) is 9.08. The Hall–Kier alpha value is -2.43. The molecule has 1 aliphatic heterocycles. The van der Waals surface area contributed by atoms with Crippen molar-refractivity contribution >= 4 is 11.5 Å². The van der Waals surface area contributed by atoms with E-state index in [4.69, 9.17) is 0 Å². The second kappa shape index (κ2) is 7.64. The molecule has 0 bridgehead atoms. The molecule has 132 valence electrons. The van der Waals surface area contributed by atoms with Gasteiger partial charge in [0.15, 0.2) is 0 Å². The van der Waals surface area contributed by atoms with Crippen LogP contribution in [0.5, 0.6) is 0 Å². The van der Waals surface area contributed by atoms with Crippen LogP contribution in [-0.4, -0.2) is 38.7 Å². The molecule has 3 rings (SSSR count). The zero-order valence-electron chi connectivity index (χ0n) is 15.3. The Morgan fingerprint density at radius 3 is 2.64 bits per heavy atom. The van der Waals surface area contributed by atoms with Gasteiger partial charge in [-0.1, -0.05) is 19.9 Å². The number of hydrogen-bond donors (Lipinski definition) is 0. The van der Waals surface area contributed by atoms with Gasteiger partial charge in [0.2, 0.25) is 0 Å². The van der Waals surface area contributed by atoms with Crippen LogP contribution >= 0.6 is 0 Å². The monoisotopic (exact) mass is 338 g/mol. The topological polar surface area (TPSA) is 51.0 Å². The highest BCUT2D eigenvalue weighted by molar-refractivity contribution is 5.96. The quantitative estimate of drug-likeness (QED) is 0.831. The fourth-order valence-electron chi connectivity index (χ4n) is 3.50. The number of amides is 1. The van der Waals surface area contributed by atoms with Gasteiger partial charge in [-0.05, 0) is 49.5 Å². The maximum Gasteiger partial charge on any atom is 0.257 e. The van der Waals surface area contributed by atoms with Crippen molar-refractivity contribution in [3.8, 4) is 0 Å². The molecule has 0 aliphatic carbocycles. The van der Waals surface area contributed by atoms with Gasteiger partial charge in [-0.2, -0.15) is 5.10 Å². The lowest BCUT2D eigenvalue weighted by atomic mass is 10.0. The summed E-state index contributed by atoms with van der Waals surface area (Å²) in [6, 6.07) is 4.35. The van der Waals surface area contributed by atoms with E-state index in [-0.39, 0.29) is 5.91 Å². The van der Waals surface area contributed by atoms with Crippen LogP contribution < -0.4 is 0 Å². The number of carbonyl (C=O) groups is 1. The fourth-order valence-corrected chi connectivity index (χ4v) is 3.50. The fraction of sp³-hybridized carbons (Fsp3) is 0.450. The van der Waals surface area contributed by atoms with Gasteiger partial charge in [0.05, 0.1) is 17.8 Å². The summed E-state index contributed by atoms with van der Waals surface area (Å²) in [7, 11) is 0. The highest BCUT2D eigenvalue weighted by Crippen LogP contribution is 2.24. The summed E-state index contributed by atoms with van der Waals surface area (Å²) in [6.07, 6.45) is 10.5. The normalized spacial score (nSPS) is 14.7. The molecular formula is C20H26N4O. The molecular weight excluding hydrogens is 312 g/mol. The molecule has 5 heteroatoms. The van der Waals surface area contributed by atoms with E-state index >= 15 is 0 Å². The SMILES string of the molecule is CCC(CC)n1ncc(C(=O)N2CCC=C(c3ccncc3)C2)c1C. The molecule has 0 saturated heterocycles. The maximum atomic E-state index is 13.0. The van der Waals surface area contributed by atoms with E-state index in [9.17, 15) is 4.79 Å². The number of aromatic nitrogens is 3. The van der Waals surface area contributed by atoms with Crippen molar-refractivity contribution in [2.75, 3.05) is 13.1 Å². The van der Waals surface area contributed by atoms with Crippen molar-refractivity contribution in [3.05, 3.63) is 53.6 Å². The van der Waals surface area contributed by atoms with Gasteiger partial charge in [0, 0.05) is 31.2 Å². The second-order valence-electron chi connectivity index (χ2n) is 6.54. The molecule has 0 aromatic carbocycles. The van der Waals surface area contributed by atoms with E-state index in [1.807, 2.05) is 28.6 Å². The van der Waals surface area contributed by atoms with Crippen LogP contribution in [0.15, 0.2) is 36.8 Å². The Bertz CT molecular complexity index is 759. The van der Waals surface area contributed by atoms with Crippen LogP contribution in [0.3, 0.4) is 0 Å². The first-order valence-corrected chi connectivity index (χ1v) is 9.08. The number of hydrogen-bond acceptors (Lipinski definition) is 3. The zero-order chi connectivity index (χ0) is 17.8. The van der Waals surface area contributed by atoms with Gasteiger partial charge in [-0.3, -0.25) is 14.5 Å². The van der Waals surface area contributed by atoms with Crippen LogP contribution in [0, 0.1) is 6.92 Å². The van der Waals surface area contributed by atoms with Gasteiger partial charge in [-0.25, -0.2) is 0 Å². The molecule has 1 aliphatic rings. The summed E-state index contributed by atoms with van der Waals surface area (Å²) in [5.41, 5.74) is 4.02. The lowest BCUT2D eigenvalue weighted by Crippen LogP contribution is -2.35. The van der Waals surface area contributed by atoms with Crippen LogP contribution in [0.2, 0.25) is 0 Å². The molecule has 25 heavy (non-hydrogen) atoms. The van der Waals surface area contributed by atoms with Crippen molar-refractivity contribution in [1.29, 1.82) is 0 Å². The molecule has 3 heterocycles. The molecule has 2 aromatic rings. The van der Waals surface area contributed by atoms with Crippen molar-refractivity contribution < 1.29 is 4.79 Å². The van der Waals surface area contributed by atoms with Gasteiger partial charge in [0.1, 0.15) is 0 Å². The smallest absolute Gasteiger partial charge is 0.257 e. The van der Waals surface area contributed by atoms with E-state index in [1.165, 1.54) is 5.57 Å². The van der Waals surface area contributed by atoms with Gasteiger partial charge < -0.3 is 4.90 Å². The second-order valence-corrected chi connectivity index (χ2v) is 6.54. The van der Waals surface area contributed by atoms with Gasteiger partial charge in [0.25, 0.3) is 5.91 Å². The summed E-state index contributed by atoms with van der Waals surface area (Å²) in [5.74, 6) is 0.0781. The molecule has 2 aromatic heterocycles. The third-order valence-electron chi connectivity index (χ3n) is 5.05. The molecule has 0 atom stereocenters. The predicted octanol–water partition coefficient (Wildman–Crippen LogP) is 3.88. The average Bonchev–Trinajstić information content (AvgIpc) is 3.04. The van der Waals surface area contributed by atoms with E-state index in [0.717, 1.165) is 42.6 Å². The first kappa shape index (κ1) is 17.4. The number of nitrogens with zero attached hydrogens (tertiary/aromatic N) is 4. The minimum Gasteiger partial charge on any atom is -0.334 e. The third kappa shape index (κ3) is 3.50. The van der Waals surface area contributed by atoms with E-state index in [0.29, 0.717) is 12.6 Å². The van der Waals surface area contributed by atoms with Crippen molar-refractivity contribution in [3.63, 3.8) is 0 Å². The molecule has 0 fully saturated rings. The number of pyridine rings is 1. The highest BCUT2D eigenvalue weighted by Gasteiger charge is 2.24. The van der Waals surface area contributed by atoms with Crippen molar-refractivity contribution in [1.82, 2.24) is 19.7 Å². The molecule has 0 N–H and O–H groups in total. The largest absolute Gasteiger partial charge is 0.334 e. The standard InChI is InChI=1S/C20H26N4O/c1-4-18(5-2)24-15(3)19(13-22-24)20(25)23-12-6-7-17(14-23)16-8-10-21-11-9-16/h7-11,13,18H,4-6,12,14H2,1-3H3. The minimum absolute atomic E-state index is 0.0781. The summed E-state index contributed by atoms with van der Waals surface area (Å²) in [6.45, 7) is 7.71. The first-order chi connectivity index (χ1) is 12.2. The van der Waals surface area contributed by atoms with Crippen LogP contribution in [0.4, 0.5) is 0 Å². The lowest BCUT2D eigenvalue weighted by Gasteiger charge is -2.27. The van der Waals surface area contributed by atoms with E-state index in [1.54, 1.807) is 18.6 Å². The van der Waals surface area contributed by atoms with Crippen molar-refractivity contribution in [2.45, 2.75) is 46.1 Å². The van der Waals surface area contributed by atoms with Crippen LogP contribution in [-0.2, 0) is 0 Å². The van der Waals surface area contributed by atoms with Gasteiger partial charge in [-0.15, -0.1) is 0 Å². The molecule has 0 radical (unpaired) electrons. The Balaban J connectivity index is 1.79. The maximum absolute atomic E-state index is 13.0. The van der Waals surface area contributed by atoms with Crippen molar-refractivity contribution in [2.24, 2.45) is 0 Å². The Morgan fingerprint density at radius 2 is 1.96 bits per heavy atom. The number of carbonyl (C=O) groups excluding carboxylic acids is 1. The summed E-state index contributed by atoms with van der Waals surface area (Å²) < 4.78 is 2.01. The van der Waals surface area contributed by atoms with Crippen LogP contribution in [0.1, 0.15) is 60.8 Å². The average molecular weight is 338 g/mol. The Labute approximate surface area is 149 Å². The molecule has 0 spiro atoms. The molecule has 5 nitrogen and oxygen atoms in total. The Kier molecular flexibility index (Phi) is 5.31.